The van der Waals surface area contributed by atoms with Crippen LogP contribution in [0.2, 0.25) is 10.0 Å². The number of benzene rings is 1. The lowest BCUT2D eigenvalue weighted by molar-refractivity contribution is 1.27. The Morgan fingerprint density at radius 1 is 1.23 bits per heavy atom. The van der Waals surface area contributed by atoms with Crippen LogP contribution in [-0.2, 0) is 6.42 Å². The van der Waals surface area contributed by atoms with Crippen molar-refractivity contribution < 1.29 is 0 Å². The molecule has 0 fully saturated rings. The number of hydrogen-bond donors (Lipinski definition) is 0. The molecule has 2 heteroatoms. The lowest BCUT2D eigenvalue weighted by atomic mass is 10.1. The van der Waals surface area contributed by atoms with Gasteiger partial charge in [-0.3, -0.25) is 0 Å². The van der Waals surface area contributed by atoms with Gasteiger partial charge in [-0.05, 0) is 24.1 Å². The molecule has 0 aliphatic rings. The van der Waals surface area contributed by atoms with E-state index in [0.717, 1.165) is 12.0 Å². The molecule has 13 heavy (non-hydrogen) atoms. The molecular weight excluding hydrogens is 203 g/mol. The highest BCUT2D eigenvalue weighted by Gasteiger charge is 1.97. The Bertz CT molecular complexity index is 327. The Morgan fingerprint density at radius 3 is 2.62 bits per heavy atom. The predicted octanol–water partition coefficient (Wildman–Crippen LogP) is 4.28. The minimum Gasteiger partial charge on any atom is -0.0991 e. The molecule has 0 aliphatic heterocycles. The molecule has 0 radical (unpaired) electrons. The normalized spacial score (nSPS) is 10.6. The summed E-state index contributed by atoms with van der Waals surface area (Å²) in [5.41, 5.74) is 1.15. The second-order valence-corrected chi connectivity index (χ2v) is 3.43. The third-order valence-corrected chi connectivity index (χ3v) is 2.35. The van der Waals surface area contributed by atoms with Gasteiger partial charge < -0.3 is 0 Å². The van der Waals surface area contributed by atoms with Crippen molar-refractivity contribution in [2.45, 2.75) is 6.42 Å². The fourth-order valence-electron chi connectivity index (χ4n) is 0.967. The standard InChI is InChI=1S/C11H10Cl2/c1-2-3-4-5-9-6-7-10(12)11(13)8-9/h2-4,6-8H,1,5H2. The van der Waals surface area contributed by atoms with Crippen LogP contribution in [0.3, 0.4) is 0 Å². The zero-order valence-corrected chi connectivity index (χ0v) is 8.65. The second kappa shape index (κ2) is 5.11. The topological polar surface area (TPSA) is 0 Å². The van der Waals surface area contributed by atoms with E-state index in [9.17, 15) is 0 Å². The van der Waals surface area contributed by atoms with E-state index < -0.39 is 0 Å². The van der Waals surface area contributed by atoms with Gasteiger partial charge in [-0.25, -0.2) is 0 Å². The first-order valence-electron chi connectivity index (χ1n) is 3.95. The minimum atomic E-state index is 0.595. The summed E-state index contributed by atoms with van der Waals surface area (Å²) in [5, 5.41) is 1.20. The van der Waals surface area contributed by atoms with Crippen molar-refractivity contribution in [2.75, 3.05) is 0 Å². The fraction of sp³-hybridized carbons (Fsp3) is 0.0909. The van der Waals surface area contributed by atoms with Crippen molar-refractivity contribution in [3.05, 3.63) is 58.6 Å². The average Bonchev–Trinajstić information content (AvgIpc) is 2.12. The Kier molecular flexibility index (Phi) is 4.07. The van der Waals surface area contributed by atoms with E-state index in [2.05, 4.69) is 6.58 Å². The van der Waals surface area contributed by atoms with Crippen LogP contribution in [0, 0.1) is 0 Å². The van der Waals surface area contributed by atoms with Crippen molar-refractivity contribution in [1.29, 1.82) is 0 Å². The predicted molar refractivity (Wildman–Crippen MR) is 59.5 cm³/mol. The number of halogens is 2. The molecule has 0 spiro atoms. The monoisotopic (exact) mass is 212 g/mol. The van der Waals surface area contributed by atoms with Crippen molar-refractivity contribution in [2.24, 2.45) is 0 Å². The van der Waals surface area contributed by atoms with Crippen LogP contribution in [-0.4, -0.2) is 0 Å². The van der Waals surface area contributed by atoms with E-state index in [0.29, 0.717) is 10.0 Å². The van der Waals surface area contributed by atoms with Crippen molar-refractivity contribution >= 4 is 23.2 Å². The molecule has 0 aromatic heterocycles. The van der Waals surface area contributed by atoms with Crippen LogP contribution >= 0.6 is 23.2 Å². The maximum Gasteiger partial charge on any atom is 0.0595 e. The smallest absolute Gasteiger partial charge is 0.0595 e. The average molecular weight is 213 g/mol. The van der Waals surface area contributed by atoms with Crippen molar-refractivity contribution in [3.63, 3.8) is 0 Å². The van der Waals surface area contributed by atoms with Gasteiger partial charge in [-0.2, -0.15) is 0 Å². The zero-order valence-electron chi connectivity index (χ0n) is 7.13. The van der Waals surface area contributed by atoms with Gasteiger partial charge in [-0.15, -0.1) is 0 Å². The zero-order chi connectivity index (χ0) is 9.68. The molecule has 0 atom stereocenters. The first kappa shape index (κ1) is 10.4. The third kappa shape index (κ3) is 3.25. The molecule has 0 unspecified atom stereocenters. The van der Waals surface area contributed by atoms with Crippen LogP contribution in [0.4, 0.5) is 0 Å². The third-order valence-electron chi connectivity index (χ3n) is 1.61. The lowest BCUT2D eigenvalue weighted by Gasteiger charge is -1.98. The molecule has 1 aromatic carbocycles. The van der Waals surface area contributed by atoms with Crippen LogP contribution < -0.4 is 0 Å². The molecular formula is C11H10Cl2. The van der Waals surface area contributed by atoms with Gasteiger partial charge in [0.1, 0.15) is 0 Å². The summed E-state index contributed by atoms with van der Waals surface area (Å²) in [7, 11) is 0. The van der Waals surface area contributed by atoms with Crippen molar-refractivity contribution in [1.82, 2.24) is 0 Å². The molecule has 0 bridgehead atoms. The van der Waals surface area contributed by atoms with Gasteiger partial charge in [0.25, 0.3) is 0 Å². The van der Waals surface area contributed by atoms with Gasteiger partial charge in [0.2, 0.25) is 0 Å². The van der Waals surface area contributed by atoms with Crippen LogP contribution in [0.1, 0.15) is 5.56 Å². The highest BCUT2D eigenvalue weighted by atomic mass is 35.5. The first-order valence-corrected chi connectivity index (χ1v) is 4.71. The summed E-state index contributed by atoms with van der Waals surface area (Å²) < 4.78 is 0. The van der Waals surface area contributed by atoms with Crippen molar-refractivity contribution in [3.8, 4) is 0 Å². The van der Waals surface area contributed by atoms with Gasteiger partial charge >= 0.3 is 0 Å². The molecule has 0 saturated carbocycles. The van der Waals surface area contributed by atoms with Crippen LogP contribution in [0.15, 0.2) is 43.0 Å². The summed E-state index contributed by atoms with van der Waals surface area (Å²) in [6.07, 6.45) is 6.52. The minimum absolute atomic E-state index is 0.595. The molecule has 68 valence electrons. The molecule has 0 nitrogen and oxygen atoms in total. The first-order chi connectivity index (χ1) is 6.24. The highest BCUT2D eigenvalue weighted by molar-refractivity contribution is 6.42. The summed E-state index contributed by atoms with van der Waals surface area (Å²) in [5.74, 6) is 0. The van der Waals surface area contributed by atoms with E-state index in [4.69, 9.17) is 23.2 Å². The number of allylic oxidation sites excluding steroid dienone is 3. The quantitative estimate of drug-likeness (QED) is 0.657. The van der Waals surface area contributed by atoms with Gasteiger partial charge in [0.05, 0.1) is 10.0 Å². The largest absolute Gasteiger partial charge is 0.0991 e. The summed E-state index contributed by atoms with van der Waals surface area (Å²) in [6.45, 7) is 3.59. The van der Waals surface area contributed by atoms with E-state index in [1.807, 2.05) is 24.3 Å². The van der Waals surface area contributed by atoms with Gasteiger partial charge in [-0.1, -0.05) is 54.1 Å². The Morgan fingerprint density at radius 2 is 2.00 bits per heavy atom. The Labute approximate surface area is 88.5 Å². The summed E-state index contributed by atoms with van der Waals surface area (Å²) in [4.78, 5) is 0. The molecule has 1 aromatic rings. The molecule has 0 amide bonds. The molecule has 0 heterocycles. The summed E-state index contributed by atoms with van der Waals surface area (Å²) >= 11 is 11.6. The fourth-order valence-corrected chi connectivity index (χ4v) is 1.29. The van der Waals surface area contributed by atoms with E-state index in [-0.39, 0.29) is 0 Å². The highest BCUT2D eigenvalue weighted by Crippen LogP contribution is 2.22. The number of rotatable bonds is 3. The number of hydrogen-bond acceptors (Lipinski definition) is 0. The van der Waals surface area contributed by atoms with E-state index in [1.165, 1.54) is 0 Å². The Balaban J connectivity index is 2.73. The molecule has 0 N–H and O–H groups in total. The molecule has 0 aliphatic carbocycles. The maximum absolute atomic E-state index is 5.85. The van der Waals surface area contributed by atoms with Gasteiger partial charge in [0, 0.05) is 0 Å². The van der Waals surface area contributed by atoms with Gasteiger partial charge in [0.15, 0.2) is 0 Å². The maximum atomic E-state index is 5.85. The summed E-state index contributed by atoms with van der Waals surface area (Å²) in [6, 6.07) is 5.64. The lowest BCUT2D eigenvalue weighted by Crippen LogP contribution is -1.80. The van der Waals surface area contributed by atoms with Crippen LogP contribution in [0.25, 0.3) is 0 Å². The molecule has 0 saturated heterocycles. The Hall–Kier alpha value is -0.720. The SMILES string of the molecule is C=CC=CCc1ccc(Cl)c(Cl)c1. The van der Waals surface area contributed by atoms with E-state index in [1.54, 1.807) is 12.1 Å². The second-order valence-electron chi connectivity index (χ2n) is 2.62. The molecule has 1 rings (SSSR count). The van der Waals surface area contributed by atoms with Crippen LogP contribution in [0.5, 0.6) is 0 Å². The van der Waals surface area contributed by atoms with E-state index >= 15 is 0 Å².